The Kier molecular flexibility index (Phi) is 3.58. The molecule has 66 valence electrons. The molecule has 1 saturated heterocycles. The molecule has 1 rings (SSSR count). The number of hydrogen-bond donors (Lipinski definition) is 0. The number of hydrogen-bond acceptors (Lipinski definition) is 2. The molecule has 1 heterocycles. The van der Waals surface area contributed by atoms with E-state index in [4.69, 9.17) is 0 Å². The Morgan fingerprint density at radius 2 is 2.00 bits per heavy atom. The summed E-state index contributed by atoms with van der Waals surface area (Å²) >= 11 is 2.41. The zero-order valence-electron chi connectivity index (χ0n) is 7.55. The van der Waals surface area contributed by atoms with Crippen molar-refractivity contribution >= 4 is 22.9 Å². The fourth-order valence-electron chi connectivity index (χ4n) is 1.69. The molecular formula is C8H17IN2. The van der Waals surface area contributed by atoms with Crippen LogP contribution < -0.4 is 0 Å². The summed E-state index contributed by atoms with van der Waals surface area (Å²) in [5, 5.41) is 0. The monoisotopic (exact) mass is 268 g/mol. The number of piperazine rings is 1. The number of halogens is 1. The maximum absolute atomic E-state index is 2.56. The second kappa shape index (κ2) is 4.05. The molecule has 0 aromatic carbocycles. The lowest BCUT2D eigenvalue weighted by Gasteiger charge is -2.39. The predicted octanol–water partition coefficient (Wildman–Crippen LogP) is 1.75. The molecule has 0 saturated carbocycles. The van der Waals surface area contributed by atoms with Gasteiger partial charge in [-0.25, -0.2) is 3.11 Å². The van der Waals surface area contributed by atoms with Gasteiger partial charge in [-0.2, -0.15) is 0 Å². The molecule has 3 heteroatoms. The molecule has 2 nitrogen and oxygen atoms in total. The Morgan fingerprint density at radius 1 is 1.36 bits per heavy atom. The van der Waals surface area contributed by atoms with Gasteiger partial charge in [0.15, 0.2) is 0 Å². The minimum atomic E-state index is 0.704. The summed E-state index contributed by atoms with van der Waals surface area (Å²) in [5.74, 6) is 0. The van der Waals surface area contributed by atoms with Crippen LogP contribution in [0.25, 0.3) is 0 Å². The van der Waals surface area contributed by atoms with Gasteiger partial charge in [-0.1, -0.05) is 0 Å². The molecule has 0 spiro atoms. The molecule has 11 heavy (non-hydrogen) atoms. The first kappa shape index (κ1) is 9.74. The van der Waals surface area contributed by atoms with Gasteiger partial charge in [0, 0.05) is 54.6 Å². The van der Waals surface area contributed by atoms with Gasteiger partial charge in [0.05, 0.1) is 0 Å². The third-order valence-corrected chi connectivity index (χ3v) is 3.17. The highest BCUT2D eigenvalue weighted by atomic mass is 127. The molecule has 1 aliphatic heterocycles. The van der Waals surface area contributed by atoms with Crippen LogP contribution in [0.3, 0.4) is 0 Å². The summed E-state index contributed by atoms with van der Waals surface area (Å²) in [7, 11) is 0. The molecule has 0 bridgehead atoms. The van der Waals surface area contributed by atoms with Gasteiger partial charge < -0.3 is 0 Å². The van der Waals surface area contributed by atoms with E-state index in [1.54, 1.807) is 0 Å². The van der Waals surface area contributed by atoms with Crippen LogP contribution in [0.2, 0.25) is 0 Å². The lowest BCUT2D eigenvalue weighted by atomic mass is 10.2. The van der Waals surface area contributed by atoms with Crippen molar-refractivity contribution in [1.82, 2.24) is 8.01 Å². The van der Waals surface area contributed by atoms with Gasteiger partial charge in [-0.3, -0.25) is 4.90 Å². The fourth-order valence-corrected chi connectivity index (χ4v) is 2.48. The molecule has 0 aromatic rings. The second-order valence-electron chi connectivity index (χ2n) is 3.55. The SMILES string of the molecule is CC(C)N1CCN(I)CC1C. The summed E-state index contributed by atoms with van der Waals surface area (Å²) in [6.45, 7) is 10.5. The van der Waals surface area contributed by atoms with E-state index in [1.807, 2.05) is 0 Å². The Morgan fingerprint density at radius 3 is 2.45 bits per heavy atom. The molecule has 0 aromatic heterocycles. The van der Waals surface area contributed by atoms with Gasteiger partial charge in [-0.05, 0) is 20.8 Å². The Labute approximate surface area is 83.4 Å². The summed E-state index contributed by atoms with van der Waals surface area (Å²) in [5.41, 5.74) is 0. The van der Waals surface area contributed by atoms with Gasteiger partial charge in [0.25, 0.3) is 0 Å². The quantitative estimate of drug-likeness (QED) is 0.528. The van der Waals surface area contributed by atoms with Crippen molar-refractivity contribution in [3.05, 3.63) is 0 Å². The second-order valence-corrected chi connectivity index (χ2v) is 4.91. The first-order valence-corrected chi connectivity index (χ1v) is 5.24. The Hall–Kier alpha value is 0.650. The molecule has 0 amide bonds. The highest BCUT2D eigenvalue weighted by molar-refractivity contribution is 14.1. The average Bonchev–Trinajstić information content (AvgIpc) is 1.85. The van der Waals surface area contributed by atoms with Crippen LogP contribution in [0.4, 0.5) is 0 Å². The Balaban J connectivity index is 2.44. The largest absolute Gasteiger partial charge is 0.296 e. The van der Waals surface area contributed by atoms with Gasteiger partial charge >= 0.3 is 0 Å². The van der Waals surface area contributed by atoms with Gasteiger partial charge in [0.2, 0.25) is 0 Å². The highest BCUT2D eigenvalue weighted by Crippen LogP contribution is 2.14. The van der Waals surface area contributed by atoms with E-state index in [1.165, 1.54) is 19.6 Å². The fraction of sp³-hybridized carbons (Fsp3) is 1.00. The van der Waals surface area contributed by atoms with E-state index in [0.29, 0.717) is 6.04 Å². The standard InChI is InChI=1S/C8H17IN2/c1-7(2)11-5-4-10(9)6-8(11)3/h7-8H,4-6H2,1-3H3. The normalized spacial score (nSPS) is 29.7. The van der Waals surface area contributed by atoms with Crippen LogP contribution in [0.5, 0.6) is 0 Å². The molecular weight excluding hydrogens is 251 g/mol. The van der Waals surface area contributed by atoms with Crippen molar-refractivity contribution in [2.75, 3.05) is 19.6 Å². The molecule has 1 unspecified atom stereocenters. The van der Waals surface area contributed by atoms with E-state index in [0.717, 1.165) is 6.04 Å². The van der Waals surface area contributed by atoms with Crippen molar-refractivity contribution in [2.24, 2.45) is 0 Å². The van der Waals surface area contributed by atoms with Crippen molar-refractivity contribution in [3.8, 4) is 0 Å². The molecule has 1 atom stereocenters. The average molecular weight is 268 g/mol. The molecule has 0 radical (unpaired) electrons. The maximum atomic E-state index is 2.56. The zero-order valence-corrected chi connectivity index (χ0v) is 9.71. The summed E-state index contributed by atoms with van der Waals surface area (Å²) in [4.78, 5) is 2.56. The van der Waals surface area contributed by atoms with Crippen LogP contribution >= 0.6 is 22.9 Å². The first-order chi connectivity index (χ1) is 5.11. The molecule has 0 aliphatic carbocycles. The topological polar surface area (TPSA) is 6.48 Å². The van der Waals surface area contributed by atoms with E-state index in [9.17, 15) is 0 Å². The van der Waals surface area contributed by atoms with Crippen molar-refractivity contribution < 1.29 is 0 Å². The van der Waals surface area contributed by atoms with Crippen LogP contribution in [0.1, 0.15) is 20.8 Å². The molecule has 1 aliphatic rings. The molecule has 1 fully saturated rings. The summed E-state index contributed by atoms with van der Waals surface area (Å²) in [6.07, 6.45) is 0. The summed E-state index contributed by atoms with van der Waals surface area (Å²) < 4.78 is 2.38. The van der Waals surface area contributed by atoms with Crippen LogP contribution in [0, 0.1) is 0 Å². The van der Waals surface area contributed by atoms with Crippen molar-refractivity contribution in [2.45, 2.75) is 32.9 Å². The highest BCUT2D eigenvalue weighted by Gasteiger charge is 2.23. The predicted molar refractivity (Wildman–Crippen MR) is 56.9 cm³/mol. The van der Waals surface area contributed by atoms with E-state index >= 15 is 0 Å². The third-order valence-electron chi connectivity index (χ3n) is 2.29. The lowest BCUT2D eigenvalue weighted by Crippen LogP contribution is -2.51. The van der Waals surface area contributed by atoms with Gasteiger partial charge in [-0.15, -0.1) is 0 Å². The van der Waals surface area contributed by atoms with Crippen molar-refractivity contribution in [1.29, 1.82) is 0 Å². The Bertz CT molecular complexity index is 127. The first-order valence-electron chi connectivity index (χ1n) is 4.27. The minimum Gasteiger partial charge on any atom is -0.296 e. The van der Waals surface area contributed by atoms with E-state index in [2.05, 4.69) is 51.6 Å². The number of rotatable bonds is 1. The zero-order chi connectivity index (χ0) is 8.43. The van der Waals surface area contributed by atoms with Crippen LogP contribution in [0.15, 0.2) is 0 Å². The van der Waals surface area contributed by atoms with Crippen LogP contribution in [-0.2, 0) is 0 Å². The van der Waals surface area contributed by atoms with E-state index in [-0.39, 0.29) is 0 Å². The van der Waals surface area contributed by atoms with Crippen LogP contribution in [-0.4, -0.2) is 39.7 Å². The smallest absolute Gasteiger partial charge is 0.0235 e. The summed E-state index contributed by atoms with van der Waals surface area (Å²) in [6, 6.07) is 1.43. The third kappa shape index (κ3) is 2.56. The van der Waals surface area contributed by atoms with Gasteiger partial charge in [0.1, 0.15) is 0 Å². The van der Waals surface area contributed by atoms with Crippen molar-refractivity contribution in [3.63, 3.8) is 0 Å². The van der Waals surface area contributed by atoms with E-state index < -0.39 is 0 Å². The lowest BCUT2D eigenvalue weighted by molar-refractivity contribution is 0.109. The maximum Gasteiger partial charge on any atom is 0.0235 e. The minimum absolute atomic E-state index is 0.704. The molecule has 0 N–H and O–H groups in total. The number of nitrogens with zero attached hydrogens (tertiary/aromatic N) is 2.